The molecule has 3 rings (SSSR count). The van der Waals surface area contributed by atoms with E-state index in [2.05, 4.69) is 0 Å². The van der Waals surface area contributed by atoms with Crippen LogP contribution >= 0.6 is 12.4 Å². The summed E-state index contributed by atoms with van der Waals surface area (Å²) in [6.45, 7) is 1.32. The van der Waals surface area contributed by atoms with Crippen molar-refractivity contribution in [2.75, 3.05) is 13.1 Å². The van der Waals surface area contributed by atoms with E-state index in [1.807, 2.05) is 95.9 Å². The molecule has 4 unspecified atom stereocenters. The summed E-state index contributed by atoms with van der Waals surface area (Å²) in [6.07, 6.45) is -0.262. The molecule has 4 atom stereocenters. The van der Waals surface area contributed by atoms with Crippen molar-refractivity contribution in [1.29, 1.82) is 0 Å². The lowest BCUT2D eigenvalue weighted by molar-refractivity contribution is 0.0455. The normalized spacial score (nSPS) is 14.8. The quantitative estimate of drug-likeness (QED) is 0.327. The first-order valence-corrected chi connectivity index (χ1v) is 11.2. The molecule has 0 spiro atoms. The molecule has 3 aromatic rings. The van der Waals surface area contributed by atoms with Gasteiger partial charge in [-0.05, 0) is 29.5 Å². The van der Waals surface area contributed by atoms with Gasteiger partial charge in [0, 0.05) is 31.7 Å². The molecule has 0 amide bonds. The van der Waals surface area contributed by atoms with Crippen molar-refractivity contribution < 1.29 is 10.2 Å². The molecule has 178 valence electrons. The lowest BCUT2D eigenvalue weighted by atomic mass is 10.00. The maximum absolute atomic E-state index is 10.8. The molecule has 0 aliphatic carbocycles. The van der Waals surface area contributed by atoms with Gasteiger partial charge in [0.05, 0.1) is 12.2 Å². The van der Waals surface area contributed by atoms with Crippen LogP contribution in [-0.4, -0.2) is 52.5 Å². The van der Waals surface area contributed by atoms with Crippen molar-refractivity contribution in [2.24, 2.45) is 11.5 Å². The number of nitrogens with two attached hydrogens (primary N) is 2. The Morgan fingerprint density at radius 3 is 1.27 bits per heavy atom. The lowest BCUT2D eigenvalue weighted by Gasteiger charge is -2.31. The van der Waals surface area contributed by atoms with Crippen LogP contribution < -0.4 is 11.5 Å². The van der Waals surface area contributed by atoms with Gasteiger partial charge in [-0.15, -0.1) is 12.4 Å². The second-order valence-electron chi connectivity index (χ2n) is 8.52. The molecule has 0 fully saturated rings. The van der Waals surface area contributed by atoms with Crippen molar-refractivity contribution in [3.8, 4) is 0 Å². The molecule has 0 aliphatic rings. The van der Waals surface area contributed by atoms with Crippen LogP contribution in [0.15, 0.2) is 91.0 Å². The zero-order chi connectivity index (χ0) is 22.8. The van der Waals surface area contributed by atoms with Crippen LogP contribution in [0.25, 0.3) is 0 Å². The predicted octanol–water partition coefficient (Wildman–Crippen LogP) is 2.77. The van der Waals surface area contributed by atoms with E-state index >= 15 is 0 Å². The topological polar surface area (TPSA) is 95.7 Å². The number of aliphatic hydroxyl groups is 2. The highest BCUT2D eigenvalue weighted by Gasteiger charge is 2.23. The summed E-state index contributed by atoms with van der Waals surface area (Å²) >= 11 is 0. The van der Waals surface area contributed by atoms with Gasteiger partial charge in [0.1, 0.15) is 0 Å². The maximum Gasteiger partial charge on any atom is 0.0821 e. The summed E-state index contributed by atoms with van der Waals surface area (Å²) in [6, 6.07) is 29.1. The summed E-state index contributed by atoms with van der Waals surface area (Å²) in [5.74, 6) is 0. The van der Waals surface area contributed by atoms with E-state index in [4.69, 9.17) is 11.5 Å². The van der Waals surface area contributed by atoms with Crippen LogP contribution in [-0.2, 0) is 19.4 Å². The molecule has 0 bridgehead atoms. The first-order valence-electron chi connectivity index (χ1n) is 11.2. The monoisotopic (exact) mass is 469 g/mol. The van der Waals surface area contributed by atoms with Gasteiger partial charge in [0.2, 0.25) is 0 Å². The summed E-state index contributed by atoms with van der Waals surface area (Å²) in [4.78, 5) is 2.04. The molecule has 6 N–H and O–H groups in total. The van der Waals surface area contributed by atoms with Crippen molar-refractivity contribution in [2.45, 2.75) is 43.7 Å². The van der Waals surface area contributed by atoms with Crippen LogP contribution in [0.4, 0.5) is 0 Å². The summed E-state index contributed by atoms with van der Waals surface area (Å²) in [5.41, 5.74) is 15.9. The maximum atomic E-state index is 10.8. The van der Waals surface area contributed by atoms with Crippen LogP contribution in [0.3, 0.4) is 0 Å². The fraction of sp³-hybridized carbons (Fsp3) is 0.333. The molecule has 0 saturated heterocycles. The van der Waals surface area contributed by atoms with E-state index in [0.717, 1.165) is 16.7 Å². The standard InChI is InChI=1S/C27H35N3O2.ClH/c28-24(16-21-10-4-1-5-11-21)26(31)19-30(18-23-14-8-3-9-15-23)20-27(32)25(29)17-22-12-6-2-7-13-22;/h1-15,24-27,31-32H,16-20,28-29H2;1H. The van der Waals surface area contributed by atoms with Crippen LogP contribution in [0.1, 0.15) is 16.7 Å². The molecule has 0 saturated carbocycles. The Balaban J connectivity index is 0.00000385. The Kier molecular flexibility index (Phi) is 11.5. The van der Waals surface area contributed by atoms with Gasteiger partial charge >= 0.3 is 0 Å². The average Bonchev–Trinajstić information content (AvgIpc) is 2.81. The largest absolute Gasteiger partial charge is 0.390 e. The molecule has 0 radical (unpaired) electrons. The molecule has 6 heteroatoms. The van der Waals surface area contributed by atoms with Gasteiger partial charge < -0.3 is 21.7 Å². The van der Waals surface area contributed by atoms with Gasteiger partial charge in [0.15, 0.2) is 0 Å². The second kappa shape index (κ2) is 14.1. The molecule has 3 aromatic carbocycles. The highest BCUT2D eigenvalue weighted by Crippen LogP contribution is 2.12. The van der Waals surface area contributed by atoms with E-state index in [-0.39, 0.29) is 12.4 Å². The third-order valence-electron chi connectivity index (χ3n) is 5.76. The van der Waals surface area contributed by atoms with Crippen molar-refractivity contribution in [3.05, 3.63) is 108 Å². The van der Waals surface area contributed by atoms with E-state index in [1.54, 1.807) is 0 Å². The fourth-order valence-electron chi connectivity index (χ4n) is 3.89. The summed E-state index contributed by atoms with van der Waals surface area (Å²) in [5, 5.41) is 21.7. The minimum Gasteiger partial charge on any atom is -0.390 e. The smallest absolute Gasteiger partial charge is 0.0821 e. The average molecular weight is 470 g/mol. The van der Waals surface area contributed by atoms with Crippen LogP contribution in [0.2, 0.25) is 0 Å². The van der Waals surface area contributed by atoms with Crippen LogP contribution in [0.5, 0.6) is 0 Å². The van der Waals surface area contributed by atoms with Gasteiger partial charge in [-0.3, -0.25) is 4.90 Å². The Morgan fingerprint density at radius 1 is 0.576 bits per heavy atom. The fourth-order valence-corrected chi connectivity index (χ4v) is 3.89. The van der Waals surface area contributed by atoms with Crippen molar-refractivity contribution >= 4 is 12.4 Å². The van der Waals surface area contributed by atoms with E-state index < -0.39 is 24.3 Å². The van der Waals surface area contributed by atoms with Gasteiger partial charge in [-0.25, -0.2) is 0 Å². The number of aliphatic hydroxyl groups excluding tert-OH is 2. The third kappa shape index (κ3) is 9.26. The molecule has 0 aromatic heterocycles. The second-order valence-corrected chi connectivity index (χ2v) is 8.52. The van der Waals surface area contributed by atoms with Crippen molar-refractivity contribution in [1.82, 2.24) is 4.90 Å². The zero-order valence-electron chi connectivity index (χ0n) is 18.9. The number of halogens is 1. The van der Waals surface area contributed by atoms with Crippen molar-refractivity contribution in [3.63, 3.8) is 0 Å². The number of nitrogens with zero attached hydrogens (tertiary/aromatic N) is 1. The van der Waals surface area contributed by atoms with E-state index in [1.165, 1.54) is 0 Å². The number of rotatable bonds is 12. The first-order chi connectivity index (χ1) is 15.5. The van der Waals surface area contributed by atoms with E-state index in [9.17, 15) is 10.2 Å². The Hall–Kier alpha value is -2.25. The molecule has 0 aliphatic heterocycles. The van der Waals surface area contributed by atoms with E-state index in [0.29, 0.717) is 32.5 Å². The first kappa shape index (κ1) is 27.0. The molecular weight excluding hydrogens is 434 g/mol. The third-order valence-corrected chi connectivity index (χ3v) is 5.76. The summed E-state index contributed by atoms with van der Waals surface area (Å²) in [7, 11) is 0. The Labute approximate surface area is 203 Å². The van der Waals surface area contributed by atoms with Crippen LogP contribution in [0, 0.1) is 0 Å². The number of hydrogen-bond donors (Lipinski definition) is 4. The number of hydrogen-bond acceptors (Lipinski definition) is 5. The molecular formula is C27H36ClN3O2. The van der Waals surface area contributed by atoms with Gasteiger partial charge in [0.25, 0.3) is 0 Å². The molecule has 5 nitrogen and oxygen atoms in total. The lowest BCUT2D eigenvalue weighted by Crippen LogP contribution is -2.49. The molecule has 33 heavy (non-hydrogen) atoms. The predicted molar refractivity (Wildman–Crippen MR) is 137 cm³/mol. The van der Waals surface area contributed by atoms with Gasteiger partial charge in [-0.2, -0.15) is 0 Å². The zero-order valence-corrected chi connectivity index (χ0v) is 19.7. The highest BCUT2D eigenvalue weighted by atomic mass is 35.5. The summed E-state index contributed by atoms with van der Waals surface area (Å²) < 4.78 is 0. The Bertz CT molecular complexity index is 844. The minimum atomic E-state index is -0.725. The Morgan fingerprint density at radius 2 is 0.909 bits per heavy atom. The number of benzene rings is 3. The highest BCUT2D eigenvalue weighted by molar-refractivity contribution is 5.85. The SMILES string of the molecule is Cl.NC(Cc1ccccc1)C(O)CN(Cc1ccccc1)CC(O)C(N)Cc1ccccc1. The minimum absolute atomic E-state index is 0. The van der Waals surface area contributed by atoms with Gasteiger partial charge in [-0.1, -0.05) is 91.0 Å². The molecule has 0 heterocycles.